The van der Waals surface area contributed by atoms with Gasteiger partial charge in [-0.05, 0) is 57.9 Å². The molecule has 23 heavy (non-hydrogen) atoms. The maximum absolute atomic E-state index is 11.3. The average Bonchev–Trinajstić information content (AvgIpc) is 2.68. The summed E-state index contributed by atoms with van der Waals surface area (Å²) in [5.41, 5.74) is 1.46. The lowest BCUT2D eigenvalue weighted by Crippen LogP contribution is -2.41. The second kappa shape index (κ2) is 6.77. The molecule has 1 N–H and O–H groups in total. The average molecular weight is 336 g/mol. The first kappa shape index (κ1) is 18.2. The number of benzene rings is 1. The highest BCUT2D eigenvalue weighted by Crippen LogP contribution is 2.38. The molecule has 1 aromatic carbocycles. The second-order valence-corrected chi connectivity index (χ2v) is 7.17. The Morgan fingerprint density at radius 1 is 1.22 bits per heavy atom. The molecule has 0 aliphatic carbocycles. The molecule has 1 saturated heterocycles. The Labute approximate surface area is 143 Å². The number of carbonyl (C=O) groups excluding carboxylic acids is 1. The molecule has 0 unspecified atom stereocenters. The summed E-state index contributed by atoms with van der Waals surface area (Å²) in [5, 5.41) is 3.66. The van der Waals surface area contributed by atoms with E-state index in [0.29, 0.717) is 17.1 Å². The van der Waals surface area contributed by atoms with Crippen LogP contribution in [-0.2, 0) is 9.31 Å². The summed E-state index contributed by atoms with van der Waals surface area (Å²) < 4.78 is 12.2. The normalized spacial score (nSPS) is 19.9. The SMILES string of the molecule is CNCC(=Cc1ccc(Cl)cc1C=O)B1OC(C)(C)C(C)(C)O1. The maximum Gasteiger partial charge on any atom is 0.491 e. The number of rotatable bonds is 5. The third-order valence-corrected chi connectivity index (χ3v) is 4.69. The van der Waals surface area contributed by atoms with Gasteiger partial charge in [-0.25, -0.2) is 0 Å². The quantitative estimate of drug-likeness (QED) is 0.662. The number of halogens is 1. The molecule has 1 fully saturated rings. The number of aldehydes is 1. The monoisotopic (exact) mass is 335 g/mol. The number of nitrogens with one attached hydrogen (secondary N) is 1. The van der Waals surface area contributed by atoms with Gasteiger partial charge in [0, 0.05) is 17.1 Å². The lowest BCUT2D eigenvalue weighted by atomic mass is 9.76. The topological polar surface area (TPSA) is 47.6 Å². The van der Waals surface area contributed by atoms with Crippen molar-refractivity contribution in [2.75, 3.05) is 13.6 Å². The van der Waals surface area contributed by atoms with E-state index in [4.69, 9.17) is 20.9 Å². The van der Waals surface area contributed by atoms with Crippen molar-refractivity contribution in [2.24, 2.45) is 0 Å². The minimum absolute atomic E-state index is 0.405. The fourth-order valence-electron chi connectivity index (χ4n) is 2.38. The zero-order valence-electron chi connectivity index (χ0n) is 14.3. The number of carbonyl (C=O) groups is 1. The third-order valence-electron chi connectivity index (χ3n) is 4.45. The molecule has 0 aromatic heterocycles. The van der Waals surface area contributed by atoms with Crippen molar-refractivity contribution in [2.45, 2.75) is 38.9 Å². The summed E-state index contributed by atoms with van der Waals surface area (Å²) >= 11 is 5.95. The first-order valence-corrected chi connectivity index (χ1v) is 8.03. The first-order chi connectivity index (χ1) is 10.7. The summed E-state index contributed by atoms with van der Waals surface area (Å²) in [7, 11) is 1.41. The first-order valence-electron chi connectivity index (χ1n) is 7.65. The van der Waals surface area contributed by atoms with Gasteiger partial charge in [0.1, 0.15) is 0 Å². The van der Waals surface area contributed by atoms with Crippen molar-refractivity contribution >= 4 is 31.1 Å². The Balaban J connectivity index is 2.38. The maximum atomic E-state index is 11.3. The van der Waals surface area contributed by atoms with E-state index in [1.807, 2.05) is 46.9 Å². The zero-order valence-corrected chi connectivity index (χ0v) is 15.0. The molecule has 0 bridgehead atoms. The minimum Gasteiger partial charge on any atom is -0.400 e. The zero-order chi connectivity index (χ0) is 17.3. The summed E-state index contributed by atoms with van der Waals surface area (Å²) in [5.74, 6) is 0. The standard InChI is InChI=1S/C17H23BClNO3/c1-16(2)17(3,4)23-18(22-16)14(10-20-5)8-12-6-7-15(19)9-13(12)11-21/h6-9,11,20H,10H2,1-5H3. The van der Waals surface area contributed by atoms with Gasteiger partial charge in [0.05, 0.1) is 11.2 Å². The van der Waals surface area contributed by atoms with Gasteiger partial charge >= 0.3 is 7.12 Å². The minimum atomic E-state index is -0.456. The van der Waals surface area contributed by atoms with E-state index in [2.05, 4.69) is 5.32 Å². The van der Waals surface area contributed by atoms with Crippen molar-refractivity contribution in [3.63, 3.8) is 0 Å². The molecule has 2 rings (SSSR count). The van der Waals surface area contributed by atoms with Crippen molar-refractivity contribution in [3.05, 3.63) is 39.8 Å². The molecule has 1 aliphatic heterocycles. The molecule has 0 amide bonds. The van der Waals surface area contributed by atoms with Gasteiger partial charge in [-0.2, -0.15) is 0 Å². The lowest BCUT2D eigenvalue weighted by Gasteiger charge is -2.32. The van der Waals surface area contributed by atoms with Crippen LogP contribution in [0.25, 0.3) is 6.08 Å². The van der Waals surface area contributed by atoms with E-state index in [-0.39, 0.29) is 0 Å². The number of likely N-dealkylation sites (N-methyl/N-ethyl adjacent to an activating group) is 1. The Hall–Kier alpha value is -1.14. The van der Waals surface area contributed by atoms with Crippen LogP contribution in [-0.4, -0.2) is 38.2 Å². The van der Waals surface area contributed by atoms with Crippen LogP contribution in [0.4, 0.5) is 0 Å². The predicted molar refractivity (Wildman–Crippen MR) is 94.8 cm³/mol. The molecule has 124 valence electrons. The van der Waals surface area contributed by atoms with Gasteiger partial charge in [0.2, 0.25) is 0 Å². The summed E-state index contributed by atoms with van der Waals surface area (Å²) in [4.78, 5) is 11.3. The lowest BCUT2D eigenvalue weighted by molar-refractivity contribution is 0.00578. The van der Waals surface area contributed by atoms with Crippen molar-refractivity contribution < 1.29 is 14.1 Å². The molecular formula is C17H23BClNO3. The van der Waals surface area contributed by atoms with E-state index in [1.165, 1.54) is 0 Å². The number of hydrogen-bond donors (Lipinski definition) is 1. The molecule has 0 spiro atoms. The van der Waals surface area contributed by atoms with Gasteiger partial charge in [-0.15, -0.1) is 0 Å². The molecule has 1 aromatic rings. The van der Waals surface area contributed by atoms with Crippen molar-refractivity contribution in [3.8, 4) is 0 Å². The van der Waals surface area contributed by atoms with E-state index in [0.717, 1.165) is 17.3 Å². The van der Waals surface area contributed by atoms with Gasteiger partial charge < -0.3 is 14.6 Å². The predicted octanol–water partition coefficient (Wildman–Crippen LogP) is 3.39. The molecule has 1 heterocycles. The summed E-state index contributed by atoms with van der Waals surface area (Å²) in [6.07, 6.45) is 2.73. The highest BCUT2D eigenvalue weighted by Gasteiger charge is 2.52. The highest BCUT2D eigenvalue weighted by atomic mass is 35.5. The Kier molecular flexibility index (Phi) is 5.36. The van der Waals surface area contributed by atoms with Crippen LogP contribution in [0.5, 0.6) is 0 Å². The van der Waals surface area contributed by atoms with Crippen LogP contribution in [0.15, 0.2) is 23.7 Å². The summed E-state index contributed by atoms with van der Waals surface area (Å²) in [6.45, 7) is 8.66. The fourth-order valence-corrected chi connectivity index (χ4v) is 2.56. The van der Waals surface area contributed by atoms with Crippen molar-refractivity contribution in [1.29, 1.82) is 0 Å². The van der Waals surface area contributed by atoms with E-state index >= 15 is 0 Å². The van der Waals surface area contributed by atoms with Gasteiger partial charge in [0.15, 0.2) is 6.29 Å². The van der Waals surface area contributed by atoms with Crippen LogP contribution in [0.2, 0.25) is 5.02 Å². The van der Waals surface area contributed by atoms with Crippen LogP contribution in [0, 0.1) is 0 Å². The van der Waals surface area contributed by atoms with Crippen LogP contribution in [0.3, 0.4) is 0 Å². The largest absolute Gasteiger partial charge is 0.491 e. The smallest absolute Gasteiger partial charge is 0.400 e. The molecule has 1 aliphatic rings. The van der Waals surface area contributed by atoms with E-state index < -0.39 is 18.3 Å². The molecule has 0 saturated carbocycles. The Bertz CT molecular complexity index is 612. The Morgan fingerprint density at radius 3 is 2.35 bits per heavy atom. The molecule has 0 radical (unpaired) electrons. The molecule has 0 atom stereocenters. The molecular weight excluding hydrogens is 312 g/mol. The second-order valence-electron chi connectivity index (χ2n) is 6.73. The fraction of sp³-hybridized carbons (Fsp3) is 0.471. The molecule has 6 heteroatoms. The van der Waals surface area contributed by atoms with Crippen molar-refractivity contribution in [1.82, 2.24) is 5.32 Å². The van der Waals surface area contributed by atoms with Crippen LogP contribution >= 0.6 is 11.6 Å². The van der Waals surface area contributed by atoms with E-state index in [1.54, 1.807) is 12.1 Å². The van der Waals surface area contributed by atoms with Gasteiger partial charge in [-0.3, -0.25) is 4.79 Å². The van der Waals surface area contributed by atoms with E-state index in [9.17, 15) is 4.79 Å². The number of hydrogen-bond acceptors (Lipinski definition) is 4. The third kappa shape index (κ3) is 3.86. The molecule has 4 nitrogen and oxygen atoms in total. The highest BCUT2D eigenvalue weighted by molar-refractivity contribution is 6.56. The van der Waals surface area contributed by atoms with Gasteiger partial charge in [-0.1, -0.05) is 23.7 Å². The summed E-state index contributed by atoms with van der Waals surface area (Å²) in [6, 6.07) is 5.25. The van der Waals surface area contributed by atoms with Crippen LogP contribution in [0.1, 0.15) is 43.6 Å². The van der Waals surface area contributed by atoms with Crippen LogP contribution < -0.4 is 5.32 Å². The Morgan fingerprint density at radius 2 is 1.83 bits per heavy atom. The van der Waals surface area contributed by atoms with Gasteiger partial charge in [0.25, 0.3) is 0 Å².